The van der Waals surface area contributed by atoms with Gasteiger partial charge in [-0.05, 0) is 18.3 Å². The van der Waals surface area contributed by atoms with E-state index in [1.165, 1.54) is 4.68 Å². The molecule has 0 amide bonds. The lowest BCUT2D eigenvalue weighted by molar-refractivity contribution is -0.392. The Labute approximate surface area is 98.6 Å². The van der Waals surface area contributed by atoms with E-state index < -0.39 is 25.7 Å². The van der Waals surface area contributed by atoms with Crippen LogP contribution in [0.1, 0.15) is 32.7 Å². The Morgan fingerprint density at radius 3 is 2.59 bits per heavy atom. The number of rotatable bonds is 5. The van der Waals surface area contributed by atoms with Crippen LogP contribution in [0.4, 0.5) is 5.82 Å². The second kappa shape index (κ2) is 4.80. The Morgan fingerprint density at radius 1 is 1.65 bits per heavy atom. The van der Waals surface area contributed by atoms with E-state index in [0.29, 0.717) is 0 Å². The summed E-state index contributed by atoms with van der Waals surface area (Å²) in [7, 11) is -4.13. The van der Waals surface area contributed by atoms with Crippen molar-refractivity contribution in [3.63, 3.8) is 0 Å². The Bertz CT molecular complexity index is 522. The zero-order valence-corrected chi connectivity index (χ0v) is 10.3. The van der Waals surface area contributed by atoms with Crippen LogP contribution in [-0.4, -0.2) is 23.1 Å². The van der Waals surface area contributed by atoms with Crippen LogP contribution in [0.2, 0.25) is 0 Å². The fourth-order valence-electron chi connectivity index (χ4n) is 1.47. The summed E-state index contributed by atoms with van der Waals surface area (Å²) >= 11 is 0. The number of aromatic nitrogens is 2. The Balaban J connectivity index is 3.27. The quantitative estimate of drug-likeness (QED) is 0.621. The van der Waals surface area contributed by atoms with Crippen molar-refractivity contribution >= 4 is 15.8 Å². The van der Waals surface area contributed by atoms with Crippen molar-refractivity contribution in [2.75, 3.05) is 0 Å². The van der Waals surface area contributed by atoms with Gasteiger partial charge in [0.15, 0.2) is 0 Å². The van der Waals surface area contributed by atoms with Gasteiger partial charge in [0.1, 0.15) is 0 Å². The van der Waals surface area contributed by atoms with E-state index in [4.69, 9.17) is 5.14 Å². The molecule has 0 saturated carbocycles. The minimum atomic E-state index is -4.13. The molecule has 1 aromatic rings. The molecular weight excluding hydrogens is 248 g/mol. The molecule has 0 aromatic carbocycles. The first kappa shape index (κ1) is 13.6. The van der Waals surface area contributed by atoms with E-state index in [1.807, 2.05) is 6.92 Å². The number of nitrogens with zero attached hydrogens (tertiary/aromatic N) is 3. The first-order chi connectivity index (χ1) is 7.77. The molecule has 0 saturated heterocycles. The zero-order valence-electron chi connectivity index (χ0n) is 9.53. The molecule has 8 nitrogen and oxygen atoms in total. The molecule has 17 heavy (non-hydrogen) atoms. The first-order valence-electron chi connectivity index (χ1n) is 5.03. The van der Waals surface area contributed by atoms with Gasteiger partial charge in [0, 0.05) is 0 Å². The van der Waals surface area contributed by atoms with Gasteiger partial charge in [-0.1, -0.05) is 13.3 Å². The van der Waals surface area contributed by atoms with E-state index in [2.05, 4.69) is 5.10 Å². The number of nitrogens with two attached hydrogens (primary N) is 1. The molecule has 0 aliphatic carbocycles. The van der Waals surface area contributed by atoms with Crippen LogP contribution in [0.15, 0.2) is 11.1 Å². The van der Waals surface area contributed by atoms with Crippen molar-refractivity contribution in [1.82, 2.24) is 9.78 Å². The van der Waals surface area contributed by atoms with Gasteiger partial charge in [0.2, 0.25) is 14.9 Å². The van der Waals surface area contributed by atoms with E-state index in [-0.39, 0.29) is 6.04 Å². The summed E-state index contributed by atoms with van der Waals surface area (Å²) in [4.78, 5) is 9.27. The maximum Gasteiger partial charge on any atom is 0.410 e. The number of sulfonamides is 1. The monoisotopic (exact) mass is 262 g/mol. The van der Waals surface area contributed by atoms with Gasteiger partial charge in [-0.15, -0.1) is 0 Å². The summed E-state index contributed by atoms with van der Waals surface area (Å²) in [5, 5.41) is 19.2. The molecule has 0 bridgehead atoms. The van der Waals surface area contributed by atoms with Gasteiger partial charge >= 0.3 is 5.82 Å². The van der Waals surface area contributed by atoms with Crippen LogP contribution in [0, 0.1) is 10.1 Å². The number of primary sulfonamides is 1. The lowest BCUT2D eigenvalue weighted by Crippen LogP contribution is -2.13. The summed E-state index contributed by atoms with van der Waals surface area (Å²) in [6.07, 6.45) is 2.70. The number of nitro groups is 1. The highest BCUT2D eigenvalue weighted by Gasteiger charge is 2.29. The average Bonchev–Trinajstić information content (AvgIpc) is 2.61. The van der Waals surface area contributed by atoms with Gasteiger partial charge in [0.25, 0.3) is 0 Å². The van der Waals surface area contributed by atoms with E-state index in [0.717, 1.165) is 19.0 Å². The maximum atomic E-state index is 11.2. The Hall–Kier alpha value is -1.48. The van der Waals surface area contributed by atoms with Crippen molar-refractivity contribution in [3.05, 3.63) is 16.3 Å². The summed E-state index contributed by atoms with van der Waals surface area (Å²) in [5.41, 5.74) is 0. The summed E-state index contributed by atoms with van der Waals surface area (Å²) < 4.78 is 23.6. The molecule has 1 heterocycles. The van der Waals surface area contributed by atoms with E-state index >= 15 is 0 Å². The van der Waals surface area contributed by atoms with Crippen molar-refractivity contribution in [2.24, 2.45) is 5.14 Å². The highest BCUT2D eigenvalue weighted by molar-refractivity contribution is 7.89. The second-order valence-electron chi connectivity index (χ2n) is 3.74. The second-order valence-corrected chi connectivity index (χ2v) is 5.27. The summed E-state index contributed by atoms with van der Waals surface area (Å²) in [6.45, 7) is 3.75. The third kappa shape index (κ3) is 3.01. The molecule has 0 radical (unpaired) electrons. The molecule has 1 unspecified atom stereocenters. The minimum absolute atomic E-state index is 0.116. The van der Waals surface area contributed by atoms with E-state index in [9.17, 15) is 18.5 Å². The molecule has 0 aliphatic heterocycles. The minimum Gasteiger partial charge on any atom is -0.358 e. The van der Waals surface area contributed by atoms with Crippen molar-refractivity contribution in [3.8, 4) is 0 Å². The van der Waals surface area contributed by atoms with Gasteiger partial charge < -0.3 is 10.1 Å². The fraction of sp³-hybridized carbons (Fsp3) is 0.625. The third-order valence-electron chi connectivity index (χ3n) is 2.32. The largest absolute Gasteiger partial charge is 0.410 e. The highest BCUT2D eigenvalue weighted by atomic mass is 32.2. The topological polar surface area (TPSA) is 121 Å². The lowest BCUT2D eigenvalue weighted by Gasteiger charge is -2.05. The first-order valence-corrected chi connectivity index (χ1v) is 6.58. The van der Waals surface area contributed by atoms with Crippen molar-refractivity contribution < 1.29 is 13.3 Å². The smallest absolute Gasteiger partial charge is 0.358 e. The molecule has 2 N–H and O–H groups in total. The predicted octanol–water partition coefficient (Wildman–Crippen LogP) is 0.800. The normalized spacial score (nSPS) is 13.6. The van der Waals surface area contributed by atoms with Crippen LogP contribution in [-0.2, 0) is 10.0 Å². The Kier molecular flexibility index (Phi) is 3.83. The molecule has 1 aromatic heterocycles. The molecule has 9 heteroatoms. The predicted molar refractivity (Wildman–Crippen MR) is 59.9 cm³/mol. The molecule has 1 atom stereocenters. The van der Waals surface area contributed by atoms with Crippen molar-refractivity contribution in [2.45, 2.75) is 37.6 Å². The molecule has 96 valence electrons. The van der Waals surface area contributed by atoms with Crippen molar-refractivity contribution in [1.29, 1.82) is 0 Å². The average molecular weight is 262 g/mol. The molecule has 0 spiro atoms. The molecule has 0 fully saturated rings. The molecule has 0 aliphatic rings. The third-order valence-corrected chi connectivity index (χ3v) is 3.22. The SMILES string of the molecule is CCCC(C)n1cc(S(N)(=O)=O)c([N+](=O)[O-])n1. The zero-order chi connectivity index (χ0) is 13.2. The lowest BCUT2D eigenvalue weighted by atomic mass is 10.2. The maximum absolute atomic E-state index is 11.2. The fourth-order valence-corrected chi connectivity index (χ4v) is 2.09. The van der Waals surface area contributed by atoms with Crippen LogP contribution in [0.3, 0.4) is 0 Å². The van der Waals surface area contributed by atoms with Gasteiger partial charge in [0.05, 0.1) is 17.3 Å². The summed E-state index contributed by atoms with van der Waals surface area (Å²) in [6, 6.07) is -0.116. The number of hydrogen-bond acceptors (Lipinski definition) is 5. The number of hydrogen-bond donors (Lipinski definition) is 1. The molecular formula is C8H14N4O4S. The Morgan fingerprint density at radius 2 is 2.24 bits per heavy atom. The van der Waals surface area contributed by atoms with Crippen LogP contribution in [0.5, 0.6) is 0 Å². The van der Waals surface area contributed by atoms with E-state index in [1.54, 1.807) is 6.92 Å². The molecule has 1 rings (SSSR count). The highest BCUT2D eigenvalue weighted by Crippen LogP contribution is 2.23. The van der Waals surface area contributed by atoms with Gasteiger partial charge in [-0.25, -0.2) is 13.6 Å². The van der Waals surface area contributed by atoms with Crippen LogP contribution in [0.25, 0.3) is 0 Å². The summed E-state index contributed by atoms with van der Waals surface area (Å²) in [5.74, 6) is -0.726. The van der Waals surface area contributed by atoms with Gasteiger partial charge in [-0.2, -0.15) is 4.68 Å². The van der Waals surface area contributed by atoms with Crippen LogP contribution >= 0.6 is 0 Å². The standard InChI is InChI=1S/C8H14N4O4S/c1-3-4-6(2)11-5-7(17(9,15)16)8(10-11)12(13)14/h5-6H,3-4H2,1-2H3,(H2,9,15,16). The van der Waals surface area contributed by atoms with Gasteiger partial charge in [-0.3, -0.25) is 0 Å². The van der Waals surface area contributed by atoms with Crippen LogP contribution < -0.4 is 5.14 Å².